The molecular formula is C40H48N6O6S. The molecule has 0 saturated carbocycles. The van der Waals surface area contributed by atoms with Gasteiger partial charge >= 0.3 is 5.97 Å². The predicted octanol–water partition coefficient (Wildman–Crippen LogP) is 7.65. The van der Waals surface area contributed by atoms with Gasteiger partial charge in [0.1, 0.15) is 22.3 Å². The number of hydrogen-bond donors (Lipinski definition) is 4. The molecule has 5 aromatic rings. The number of aromatic nitrogens is 4. The zero-order chi connectivity index (χ0) is 38.1. The first kappa shape index (κ1) is 37.9. The summed E-state index contributed by atoms with van der Waals surface area (Å²) in [6, 6.07) is 19.8. The van der Waals surface area contributed by atoms with E-state index in [1.807, 2.05) is 82.6 Å². The summed E-state index contributed by atoms with van der Waals surface area (Å²) >= 11 is 0. The minimum Gasteiger partial charge on any atom is -0.487 e. The number of nitrogens with one attached hydrogen (secondary N) is 1. The Bertz CT molecular complexity index is 2120. The number of amides is 1. The molecule has 3 unspecified atom stereocenters. The van der Waals surface area contributed by atoms with Gasteiger partial charge in [0.25, 0.3) is 0 Å². The molecule has 53 heavy (non-hydrogen) atoms. The van der Waals surface area contributed by atoms with Gasteiger partial charge in [0.05, 0.1) is 29.9 Å². The van der Waals surface area contributed by atoms with Crippen LogP contribution in [0.4, 0.5) is 0 Å². The van der Waals surface area contributed by atoms with E-state index < -0.39 is 34.1 Å². The molecule has 0 saturated heterocycles. The van der Waals surface area contributed by atoms with Gasteiger partial charge in [-0.25, -0.2) is 4.68 Å². The van der Waals surface area contributed by atoms with Crippen molar-refractivity contribution in [2.24, 2.45) is 5.41 Å². The van der Waals surface area contributed by atoms with Crippen LogP contribution in [0.2, 0.25) is 0 Å². The van der Waals surface area contributed by atoms with E-state index in [1.165, 1.54) is 0 Å². The zero-order valence-electron chi connectivity index (χ0n) is 31.0. The Balaban J connectivity index is 1.45. The number of carboxylic acids is 1. The zero-order valence-corrected chi connectivity index (χ0v) is 31.8. The molecule has 2 aromatic heterocycles. The molecule has 0 spiro atoms. The fraction of sp³-hybridized carbons (Fsp3) is 0.375. The first-order valence-corrected chi connectivity index (χ1v) is 19.4. The number of aryl methyl sites for hydroxylation is 3. The maximum Gasteiger partial charge on any atom is 0.305 e. The van der Waals surface area contributed by atoms with Gasteiger partial charge in [-0.15, -0.1) is 15.9 Å². The predicted molar refractivity (Wildman–Crippen MR) is 205 cm³/mol. The largest absolute Gasteiger partial charge is 0.487 e. The highest BCUT2D eigenvalue weighted by Gasteiger charge is 2.42. The van der Waals surface area contributed by atoms with Crippen LogP contribution < -0.4 is 10.1 Å². The van der Waals surface area contributed by atoms with E-state index in [-0.39, 0.29) is 25.0 Å². The third-order valence-electron chi connectivity index (χ3n) is 10.4. The van der Waals surface area contributed by atoms with Crippen LogP contribution in [0.3, 0.4) is 0 Å². The number of nitrogens with zero attached hydrogens (tertiary/aromatic N) is 5. The summed E-state index contributed by atoms with van der Waals surface area (Å²) in [5.74, 6) is -1.43. The monoisotopic (exact) mass is 740 g/mol. The molecule has 3 heterocycles. The topological polar surface area (TPSA) is 163 Å². The van der Waals surface area contributed by atoms with Crippen LogP contribution in [0, 0.1) is 19.3 Å². The van der Waals surface area contributed by atoms with Crippen LogP contribution in [0.1, 0.15) is 85.9 Å². The van der Waals surface area contributed by atoms with Gasteiger partial charge in [0, 0.05) is 31.4 Å². The summed E-state index contributed by atoms with van der Waals surface area (Å²) in [6.45, 7) is 12.9. The van der Waals surface area contributed by atoms with Crippen LogP contribution >= 0.6 is 10.8 Å². The molecule has 0 bridgehead atoms. The van der Waals surface area contributed by atoms with E-state index >= 15 is 0 Å². The number of carbonyl (C=O) groups excluding carboxylic acids is 1. The molecule has 0 aliphatic carbocycles. The fourth-order valence-electron chi connectivity index (χ4n) is 7.27. The fourth-order valence-corrected chi connectivity index (χ4v) is 8.89. The van der Waals surface area contributed by atoms with Crippen molar-refractivity contribution in [3.8, 4) is 5.75 Å². The lowest BCUT2D eigenvalue weighted by atomic mass is 9.69. The number of ether oxygens (including phenoxy) is 1. The average molecular weight is 741 g/mol. The van der Waals surface area contributed by atoms with Crippen molar-refractivity contribution in [3.05, 3.63) is 113 Å². The van der Waals surface area contributed by atoms with Gasteiger partial charge < -0.3 is 15.2 Å². The molecule has 0 radical (unpaired) electrons. The normalized spacial score (nSPS) is 17.6. The molecule has 1 aliphatic heterocycles. The van der Waals surface area contributed by atoms with E-state index in [9.17, 15) is 23.8 Å². The van der Waals surface area contributed by atoms with Crippen LogP contribution in [-0.2, 0) is 22.7 Å². The van der Waals surface area contributed by atoms with Gasteiger partial charge in [-0.3, -0.25) is 23.7 Å². The van der Waals surface area contributed by atoms with Gasteiger partial charge in [0.2, 0.25) is 5.91 Å². The van der Waals surface area contributed by atoms with Crippen molar-refractivity contribution in [1.82, 2.24) is 29.6 Å². The molecule has 1 amide bonds. The number of para-hydroxylation sites is 1. The van der Waals surface area contributed by atoms with Crippen molar-refractivity contribution < 1.29 is 28.5 Å². The highest BCUT2D eigenvalue weighted by atomic mass is 32.3. The minimum atomic E-state index is -3.41. The van der Waals surface area contributed by atoms with Crippen LogP contribution in [0.25, 0.3) is 11.0 Å². The van der Waals surface area contributed by atoms with Crippen LogP contribution in [0.5, 0.6) is 5.75 Å². The maximum absolute atomic E-state index is 14.6. The molecule has 3 aromatic carbocycles. The Morgan fingerprint density at radius 1 is 1.02 bits per heavy atom. The summed E-state index contributed by atoms with van der Waals surface area (Å²) < 4.78 is 33.3. The Hall–Kier alpha value is -4.82. The number of benzene rings is 3. The van der Waals surface area contributed by atoms with Gasteiger partial charge in [-0.1, -0.05) is 62.4 Å². The van der Waals surface area contributed by atoms with Crippen molar-refractivity contribution >= 4 is 33.7 Å². The van der Waals surface area contributed by atoms with E-state index in [1.54, 1.807) is 47.0 Å². The molecule has 0 fully saturated rings. The van der Waals surface area contributed by atoms with E-state index in [0.717, 1.165) is 38.9 Å². The lowest BCUT2D eigenvalue weighted by Crippen LogP contribution is -2.43. The maximum atomic E-state index is 14.6. The number of hydrogen-bond acceptors (Lipinski definition) is 9. The van der Waals surface area contributed by atoms with Gasteiger partial charge in [-0.05, 0) is 90.9 Å². The highest BCUT2D eigenvalue weighted by molar-refractivity contribution is 8.22. The van der Waals surface area contributed by atoms with Crippen molar-refractivity contribution in [2.75, 3.05) is 6.54 Å². The Labute approximate surface area is 311 Å². The molecule has 6 rings (SSSR count). The van der Waals surface area contributed by atoms with E-state index in [2.05, 4.69) is 20.6 Å². The molecule has 12 nitrogen and oxygen atoms in total. The summed E-state index contributed by atoms with van der Waals surface area (Å²) in [7, 11) is -3.41. The number of carboxylic acid groups (broad SMARTS) is 1. The number of fused-ring (bicyclic) bond motifs is 2. The van der Waals surface area contributed by atoms with Gasteiger partial charge in [-0.2, -0.15) is 4.31 Å². The standard InChI is InChI=1S/C40H48N6O6S/c1-7-30-24-45(53(50,51)35-12-10-9-11-34(35)52-30)23-29-21-28(14-13-25(29)3)37(31-15-16-33-38(26(31)4)43-44-46(33)8-2)40(5,6)39(49)42-32(22-36(47)48)27-17-19-41-20-18-27/h9-21,30,32,37,50-51H,7-8,22-24H2,1-6H3,(H,42,49)(H,47,48). The van der Waals surface area contributed by atoms with Crippen molar-refractivity contribution in [2.45, 2.75) is 90.4 Å². The molecule has 13 heteroatoms. The lowest BCUT2D eigenvalue weighted by Gasteiger charge is -2.42. The third-order valence-corrected chi connectivity index (χ3v) is 12.3. The van der Waals surface area contributed by atoms with Crippen LogP contribution in [0.15, 0.2) is 84.0 Å². The van der Waals surface area contributed by atoms with E-state index in [0.29, 0.717) is 35.7 Å². The molecule has 280 valence electrons. The van der Waals surface area contributed by atoms with Gasteiger partial charge in [0.15, 0.2) is 0 Å². The second-order valence-corrected chi connectivity index (χ2v) is 16.2. The first-order valence-electron chi connectivity index (χ1n) is 17.9. The molecule has 1 aliphatic rings. The lowest BCUT2D eigenvalue weighted by molar-refractivity contribution is -0.138. The Morgan fingerprint density at radius 3 is 2.45 bits per heavy atom. The van der Waals surface area contributed by atoms with Crippen molar-refractivity contribution in [3.63, 3.8) is 0 Å². The van der Waals surface area contributed by atoms with Crippen LogP contribution in [-0.4, -0.2) is 63.0 Å². The quantitative estimate of drug-likeness (QED) is 0.0999. The number of carbonyl (C=O) groups is 2. The Morgan fingerprint density at radius 2 is 1.75 bits per heavy atom. The Kier molecular flexibility index (Phi) is 10.9. The smallest absolute Gasteiger partial charge is 0.305 e. The molecular weight excluding hydrogens is 693 g/mol. The molecule has 3 atom stereocenters. The SMILES string of the molecule is CCC1CN(Cc2cc(C(c3ccc4c(nnn4CC)c3C)C(C)(C)C(=O)NC(CC(=O)O)c3ccncc3)ccc2C)S(O)(O)c2ccccc2O1. The minimum absolute atomic E-state index is 0.223. The summed E-state index contributed by atoms with van der Waals surface area (Å²) in [6.07, 6.45) is 3.27. The summed E-state index contributed by atoms with van der Waals surface area (Å²) in [5.41, 5.74) is 5.56. The second-order valence-electron chi connectivity index (χ2n) is 14.2. The van der Waals surface area contributed by atoms with Crippen molar-refractivity contribution in [1.29, 1.82) is 0 Å². The first-order chi connectivity index (χ1) is 25.3. The van der Waals surface area contributed by atoms with E-state index in [4.69, 9.17) is 4.74 Å². The third kappa shape index (κ3) is 7.52. The molecule has 4 N–H and O–H groups in total. The average Bonchev–Trinajstić information content (AvgIpc) is 3.53. The highest BCUT2D eigenvalue weighted by Crippen LogP contribution is 2.57. The number of rotatable bonds is 12. The number of aliphatic carboxylic acids is 1. The summed E-state index contributed by atoms with van der Waals surface area (Å²) in [5, 5.41) is 21.7. The summed E-state index contributed by atoms with van der Waals surface area (Å²) in [4.78, 5) is 31.0. The number of pyridine rings is 1. The second kappa shape index (κ2) is 15.3.